The number of aromatic nitrogens is 2. The number of H-pyrrole nitrogens is 1. The average molecular weight is 316 g/mol. The topological polar surface area (TPSA) is 85.2 Å². The third-order valence-corrected chi connectivity index (χ3v) is 3.15. The van der Waals surface area contributed by atoms with Crippen LogP contribution in [0.3, 0.4) is 0 Å². The summed E-state index contributed by atoms with van der Waals surface area (Å²) in [5.74, 6) is 6.00. The SMILES string of the molecule is CCCCc1cc(=O)oc2nc(OCC#CC(C)C)[nH]c(=O)c12. The van der Waals surface area contributed by atoms with Gasteiger partial charge >= 0.3 is 11.6 Å². The molecule has 2 aromatic heterocycles. The van der Waals surface area contributed by atoms with Crippen molar-refractivity contribution in [3.8, 4) is 17.9 Å². The Morgan fingerprint density at radius 2 is 2.17 bits per heavy atom. The van der Waals surface area contributed by atoms with Crippen LogP contribution in [0.4, 0.5) is 0 Å². The van der Waals surface area contributed by atoms with E-state index in [0.29, 0.717) is 17.4 Å². The summed E-state index contributed by atoms with van der Waals surface area (Å²) in [6.45, 7) is 6.08. The monoisotopic (exact) mass is 316 g/mol. The molecule has 1 N–H and O–H groups in total. The van der Waals surface area contributed by atoms with Crippen LogP contribution >= 0.6 is 0 Å². The van der Waals surface area contributed by atoms with E-state index in [1.54, 1.807) is 0 Å². The van der Waals surface area contributed by atoms with Crippen molar-refractivity contribution in [3.05, 3.63) is 32.4 Å². The molecule has 6 heteroatoms. The third-order valence-electron chi connectivity index (χ3n) is 3.15. The van der Waals surface area contributed by atoms with Gasteiger partial charge in [0.05, 0.1) is 0 Å². The number of nitrogens with one attached hydrogen (secondary N) is 1. The summed E-state index contributed by atoms with van der Waals surface area (Å²) in [5.41, 5.74) is -0.249. The maximum atomic E-state index is 12.3. The predicted octanol–water partition coefficient (Wildman–Crippen LogP) is 2.26. The number of hydrogen-bond donors (Lipinski definition) is 1. The zero-order chi connectivity index (χ0) is 16.8. The quantitative estimate of drug-likeness (QED) is 0.855. The van der Waals surface area contributed by atoms with Crippen LogP contribution in [0.1, 0.15) is 39.2 Å². The Kier molecular flexibility index (Phi) is 5.58. The van der Waals surface area contributed by atoms with Crippen molar-refractivity contribution in [2.24, 2.45) is 5.92 Å². The highest BCUT2D eigenvalue weighted by Crippen LogP contribution is 2.15. The van der Waals surface area contributed by atoms with Crippen LogP contribution in [-0.4, -0.2) is 16.6 Å². The van der Waals surface area contributed by atoms with Gasteiger partial charge in [-0.1, -0.05) is 39.0 Å². The van der Waals surface area contributed by atoms with Gasteiger partial charge in [-0.15, -0.1) is 0 Å². The van der Waals surface area contributed by atoms with Gasteiger partial charge in [-0.25, -0.2) is 4.79 Å². The van der Waals surface area contributed by atoms with E-state index in [1.807, 2.05) is 20.8 Å². The Balaban J connectivity index is 2.36. The molecule has 0 bridgehead atoms. The molecule has 0 unspecified atom stereocenters. The van der Waals surface area contributed by atoms with E-state index in [2.05, 4.69) is 21.8 Å². The Morgan fingerprint density at radius 1 is 1.39 bits per heavy atom. The first-order valence-corrected chi connectivity index (χ1v) is 7.69. The number of ether oxygens (including phenoxy) is 1. The maximum absolute atomic E-state index is 12.3. The van der Waals surface area contributed by atoms with Gasteiger partial charge < -0.3 is 9.15 Å². The molecule has 122 valence electrons. The first kappa shape index (κ1) is 16.8. The van der Waals surface area contributed by atoms with Crippen molar-refractivity contribution >= 4 is 11.1 Å². The third kappa shape index (κ3) is 4.46. The van der Waals surface area contributed by atoms with Crippen molar-refractivity contribution in [2.45, 2.75) is 40.0 Å². The van der Waals surface area contributed by atoms with E-state index in [1.165, 1.54) is 6.07 Å². The summed E-state index contributed by atoms with van der Waals surface area (Å²) in [6.07, 6.45) is 2.47. The van der Waals surface area contributed by atoms with Crippen LogP contribution in [0.2, 0.25) is 0 Å². The second-order valence-corrected chi connectivity index (χ2v) is 5.51. The van der Waals surface area contributed by atoms with Gasteiger partial charge in [0.2, 0.25) is 5.71 Å². The van der Waals surface area contributed by atoms with Crippen molar-refractivity contribution < 1.29 is 9.15 Å². The molecule has 0 aromatic carbocycles. The molecule has 0 aliphatic carbocycles. The summed E-state index contributed by atoms with van der Waals surface area (Å²) in [7, 11) is 0. The fourth-order valence-corrected chi connectivity index (χ4v) is 2.11. The molecule has 0 radical (unpaired) electrons. The molecule has 0 saturated heterocycles. The van der Waals surface area contributed by atoms with Gasteiger partial charge in [0.1, 0.15) is 5.39 Å². The largest absolute Gasteiger partial charge is 0.451 e. The minimum atomic E-state index is -0.521. The molecule has 2 aromatic rings. The lowest BCUT2D eigenvalue weighted by molar-refractivity contribution is 0.337. The number of rotatable bonds is 5. The van der Waals surface area contributed by atoms with Crippen molar-refractivity contribution in [3.63, 3.8) is 0 Å². The van der Waals surface area contributed by atoms with E-state index in [0.717, 1.165) is 12.8 Å². The van der Waals surface area contributed by atoms with Crippen LogP contribution in [0.25, 0.3) is 11.1 Å². The molecule has 2 rings (SSSR count). The first-order valence-electron chi connectivity index (χ1n) is 7.69. The van der Waals surface area contributed by atoms with Crippen molar-refractivity contribution in [1.29, 1.82) is 0 Å². The molecular formula is C17H20N2O4. The van der Waals surface area contributed by atoms with E-state index in [9.17, 15) is 9.59 Å². The molecule has 23 heavy (non-hydrogen) atoms. The van der Waals surface area contributed by atoms with Crippen LogP contribution in [0.5, 0.6) is 6.01 Å². The summed E-state index contributed by atoms with van der Waals surface area (Å²) in [4.78, 5) is 30.5. The number of fused-ring (bicyclic) bond motifs is 1. The van der Waals surface area contributed by atoms with Gasteiger partial charge in [-0.2, -0.15) is 4.98 Å². The maximum Gasteiger partial charge on any atom is 0.337 e. The second kappa shape index (κ2) is 7.63. The van der Waals surface area contributed by atoms with Gasteiger partial charge in [-0.3, -0.25) is 9.78 Å². The Morgan fingerprint density at radius 3 is 2.87 bits per heavy atom. The van der Waals surface area contributed by atoms with E-state index >= 15 is 0 Å². The van der Waals surface area contributed by atoms with Crippen LogP contribution < -0.4 is 15.9 Å². The van der Waals surface area contributed by atoms with Crippen LogP contribution in [-0.2, 0) is 6.42 Å². The van der Waals surface area contributed by atoms with Gasteiger partial charge in [0.25, 0.3) is 5.56 Å². The Hall–Kier alpha value is -2.55. The number of aryl methyl sites for hydroxylation is 1. The Labute approximate surface area is 133 Å². The molecule has 0 aliphatic heterocycles. The van der Waals surface area contributed by atoms with Gasteiger partial charge in [-0.05, 0) is 18.4 Å². The molecule has 2 heterocycles. The zero-order valence-electron chi connectivity index (χ0n) is 13.6. The van der Waals surface area contributed by atoms with Crippen molar-refractivity contribution in [1.82, 2.24) is 9.97 Å². The number of aromatic amines is 1. The zero-order valence-corrected chi connectivity index (χ0v) is 13.6. The summed E-state index contributed by atoms with van der Waals surface area (Å²) in [5, 5.41) is 0.304. The molecule has 0 aliphatic rings. The smallest absolute Gasteiger partial charge is 0.337 e. The Bertz CT molecular complexity index is 853. The molecule has 0 fully saturated rings. The minimum Gasteiger partial charge on any atom is -0.451 e. The van der Waals surface area contributed by atoms with Crippen LogP contribution in [0, 0.1) is 17.8 Å². The lowest BCUT2D eigenvalue weighted by Gasteiger charge is -2.05. The minimum absolute atomic E-state index is 0.000767. The summed E-state index contributed by atoms with van der Waals surface area (Å²) < 4.78 is 10.3. The number of hydrogen-bond acceptors (Lipinski definition) is 5. The summed E-state index contributed by atoms with van der Waals surface area (Å²) in [6, 6.07) is 1.35. The van der Waals surface area contributed by atoms with Crippen molar-refractivity contribution in [2.75, 3.05) is 6.61 Å². The summed E-state index contributed by atoms with van der Waals surface area (Å²) >= 11 is 0. The number of unbranched alkanes of at least 4 members (excludes halogenated alkanes) is 1. The van der Waals surface area contributed by atoms with Crippen LogP contribution in [0.15, 0.2) is 20.1 Å². The lowest BCUT2D eigenvalue weighted by Crippen LogP contribution is -2.15. The van der Waals surface area contributed by atoms with Gasteiger partial charge in [0, 0.05) is 12.0 Å². The lowest BCUT2D eigenvalue weighted by atomic mass is 10.1. The second-order valence-electron chi connectivity index (χ2n) is 5.51. The van der Waals surface area contributed by atoms with E-state index in [4.69, 9.17) is 9.15 Å². The number of nitrogens with zero attached hydrogens (tertiary/aromatic N) is 1. The highest BCUT2D eigenvalue weighted by molar-refractivity contribution is 5.75. The molecule has 0 saturated carbocycles. The molecule has 0 atom stereocenters. The van der Waals surface area contributed by atoms with E-state index in [-0.39, 0.29) is 29.8 Å². The highest BCUT2D eigenvalue weighted by atomic mass is 16.5. The fourth-order valence-electron chi connectivity index (χ4n) is 2.11. The van der Waals surface area contributed by atoms with Gasteiger partial charge in [0.15, 0.2) is 6.61 Å². The predicted molar refractivity (Wildman–Crippen MR) is 87.6 cm³/mol. The molecule has 0 spiro atoms. The standard InChI is InChI=1S/C17H20N2O4/c1-4-5-8-12-10-13(20)23-16-14(12)15(21)18-17(19-16)22-9-6-7-11(2)3/h10-11H,4-5,8-9H2,1-3H3,(H,18,19,21). The first-order chi connectivity index (χ1) is 11.0. The highest BCUT2D eigenvalue weighted by Gasteiger charge is 2.12. The normalized spacial score (nSPS) is 10.6. The molecule has 6 nitrogen and oxygen atoms in total. The average Bonchev–Trinajstić information content (AvgIpc) is 2.48. The van der Waals surface area contributed by atoms with E-state index < -0.39 is 5.63 Å². The molecule has 0 amide bonds. The fraction of sp³-hybridized carbons (Fsp3) is 0.471. The molecular weight excluding hydrogens is 296 g/mol.